The average Bonchev–Trinajstić information content (AvgIpc) is 3.57. The zero-order valence-electron chi connectivity index (χ0n) is 27.1. The highest BCUT2D eigenvalue weighted by molar-refractivity contribution is 6.02. The van der Waals surface area contributed by atoms with Gasteiger partial charge in [0.1, 0.15) is 29.5 Å². The topological polar surface area (TPSA) is 98.3 Å². The van der Waals surface area contributed by atoms with Gasteiger partial charge in [0.05, 0.1) is 36.8 Å². The van der Waals surface area contributed by atoms with Crippen molar-refractivity contribution in [2.45, 2.75) is 44.3 Å². The summed E-state index contributed by atoms with van der Waals surface area (Å²) in [7, 11) is 3.78. The van der Waals surface area contributed by atoms with Crippen molar-refractivity contribution in [3.05, 3.63) is 72.6 Å². The molecule has 2 N–H and O–H groups in total. The molecule has 0 aliphatic carbocycles. The van der Waals surface area contributed by atoms with Crippen molar-refractivity contribution in [1.29, 1.82) is 0 Å². The molecule has 2 atom stereocenters. The zero-order chi connectivity index (χ0) is 33.1. The first-order valence-electron chi connectivity index (χ1n) is 16.0. The first-order valence-corrected chi connectivity index (χ1v) is 16.0. The molecule has 11 nitrogen and oxygen atoms in total. The molecule has 1 amide bonds. The maximum Gasteiger partial charge on any atom is 0.247 e. The lowest BCUT2D eigenvalue weighted by Crippen LogP contribution is -2.55. The Morgan fingerprint density at radius 2 is 1.87 bits per heavy atom. The Balaban J connectivity index is 1.23. The number of hydrogen-bond acceptors (Lipinski definition) is 10. The Morgan fingerprint density at radius 1 is 1.06 bits per heavy atom. The van der Waals surface area contributed by atoms with Crippen LogP contribution >= 0.6 is 0 Å². The number of nitrogens with one attached hydrogen (secondary N) is 2. The van der Waals surface area contributed by atoms with Crippen LogP contribution in [0.5, 0.6) is 5.75 Å². The molecule has 3 aliphatic rings. The van der Waals surface area contributed by atoms with Crippen LogP contribution in [0.2, 0.25) is 0 Å². The molecule has 3 aromatic rings. The van der Waals surface area contributed by atoms with Crippen molar-refractivity contribution >= 4 is 34.6 Å². The molecule has 3 aliphatic heterocycles. The monoisotopic (exact) mass is 648 g/mol. The Hall–Kier alpha value is -4.33. The zero-order valence-corrected chi connectivity index (χ0v) is 27.1. The predicted octanol–water partition coefficient (Wildman–Crippen LogP) is 5.12. The molecule has 0 unspecified atom stereocenters. The molecule has 1 aromatic heterocycles. The summed E-state index contributed by atoms with van der Waals surface area (Å²) < 4.78 is 34.5. The van der Waals surface area contributed by atoms with Gasteiger partial charge in [-0.1, -0.05) is 6.58 Å². The van der Waals surface area contributed by atoms with E-state index < -0.39 is 17.7 Å². The van der Waals surface area contributed by atoms with E-state index in [1.807, 2.05) is 12.1 Å². The van der Waals surface area contributed by atoms with E-state index in [1.54, 1.807) is 13.2 Å². The van der Waals surface area contributed by atoms with Crippen LogP contribution in [-0.4, -0.2) is 91.2 Å². The van der Waals surface area contributed by atoms with Gasteiger partial charge >= 0.3 is 0 Å². The molecular formula is C34H42F2N8O3. The molecule has 3 fully saturated rings. The van der Waals surface area contributed by atoms with Gasteiger partial charge in [-0.2, -0.15) is 0 Å². The van der Waals surface area contributed by atoms with Crippen molar-refractivity contribution in [1.82, 2.24) is 19.8 Å². The number of carbonyl (C=O) groups is 1. The first kappa shape index (κ1) is 32.6. The molecule has 0 spiro atoms. The molecule has 3 saturated heterocycles. The van der Waals surface area contributed by atoms with Gasteiger partial charge in [-0.25, -0.2) is 23.8 Å². The Kier molecular flexibility index (Phi) is 9.85. The van der Waals surface area contributed by atoms with E-state index in [0.717, 1.165) is 63.4 Å². The average molecular weight is 649 g/mol. The standard InChI is InChI=1S/C34H42F2N8O3/c1-5-34(45)40-27-17-28(31(46-4)18-30(27)42-11-8-24(9-12-42)43-14-13-41(3)22(2)20-43)39-32-19-33(38-21-37-32)44-29(10-15-47-44)25-16-23(35)6-7-26(25)36/h5-7,16-19,21-22,24,29H,1,8-15,20H2,2-4H3,(H,40,45)(H,37,38,39)/t22-,29+/m0/s1. The highest BCUT2D eigenvalue weighted by Gasteiger charge is 2.33. The fourth-order valence-corrected chi connectivity index (χ4v) is 6.68. The number of rotatable bonds is 9. The fourth-order valence-electron chi connectivity index (χ4n) is 6.68. The van der Waals surface area contributed by atoms with Crippen molar-refractivity contribution < 1.29 is 23.1 Å². The van der Waals surface area contributed by atoms with Gasteiger partial charge in [0.2, 0.25) is 5.91 Å². The second kappa shape index (κ2) is 14.2. The van der Waals surface area contributed by atoms with E-state index in [9.17, 15) is 13.6 Å². The van der Waals surface area contributed by atoms with E-state index in [0.29, 0.717) is 53.9 Å². The second-order valence-corrected chi connectivity index (χ2v) is 12.3. The van der Waals surface area contributed by atoms with E-state index >= 15 is 0 Å². The van der Waals surface area contributed by atoms with Crippen LogP contribution in [0.25, 0.3) is 0 Å². The molecule has 0 saturated carbocycles. The Labute approximate surface area is 274 Å². The number of hydroxylamine groups is 1. The van der Waals surface area contributed by atoms with Gasteiger partial charge in [0.25, 0.3) is 0 Å². The van der Waals surface area contributed by atoms with E-state index in [1.165, 1.54) is 23.5 Å². The number of ether oxygens (including phenoxy) is 1. The van der Waals surface area contributed by atoms with E-state index in [-0.39, 0.29) is 11.5 Å². The van der Waals surface area contributed by atoms with Gasteiger partial charge in [-0.3, -0.25) is 14.5 Å². The summed E-state index contributed by atoms with van der Waals surface area (Å²) in [6, 6.07) is 9.30. The lowest BCUT2D eigenvalue weighted by atomic mass is 10.00. The Morgan fingerprint density at radius 3 is 2.62 bits per heavy atom. The third-order valence-electron chi connectivity index (χ3n) is 9.44. The van der Waals surface area contributed by atoms with Gasteiger partial charge in [-0.15, -0.1) is 0 Å². The van der Waals surface area contributed by atoms with Crippen molar-refractivity contribution in [3.8, 4) is 5.75 Å². The number of benzene rings is 2. The molecular weight excluding hydrogens is 606 g/mol. The highest BCUT2D eigenvalue weighted by atomic mass is 19.1. The van der Waals surface area contributed by atoms with E-state index in [2.05, 4.69) is 55.9 Å². The van der Waals surface area contributed by atoms with Crippen molar-refractivity contribution in [3.63, 3.8) is 0 Å². The van der Waals surface area contributed by atoms with Crippen LogP contribution in [0.15, 0.2) is 55.4 Å². The number of likely N-dealkylation sites (N-methyl/N-ethyl adjacent to an activating group) is 1. The largest absolute Gasteiger partial charge is 0.494 e. The molecule has 0 radical (unpaired) electrons. The molecule has 13 heteroatoms. The van der Waals surface area contributed by atoms with Crippen LogP contribution in [0.1, 0.15) is 37.8 Å². The minimum absolute atomic E-state index is 0.192. The highest BCUT2D eigenvalue weighted by Crippen LogP contribution is 2.41. The second-order valence-electron chi connectivity index (χ2n) is 12.3. The number of anilines is 5. The Bertz CT molecular complexity index is 1600. The number of carbonyl (C=O) groups excluding carboxylic acids is 1. The normalized spacial score (nSPS) is 21.1. The van der Waals surface area contributed by atoms with Gasteiger partial charge in [0, 0.05) is 68.9 Å². The predicted molar refractivity (Wildman–Crippen MR) is 178 cm³/mol. The summed E-state index contributed by atoms with van der Waals surface area (Å²) in [5, 5.41) is 7.74. The minimum atomic E-state index is -0.563. The van der Waals surface area contributed by atoms with Crippen LogP contribution < -0.4 is 25.3 Å². The third kappa shape index (κ3) is 7.16. The SMILES string of the molecule is C=CC(=O)Nc1cc(Nc2cc(N3OCC[C@@H]3c3cc(F)ccc3F)ncn2)c(OC)cc1N1CCC(N2CCN(C)[C@@H](C)C2)CC1. The number of piperazine rings is 1. The molecule has 2 aromatic carbocycles. The molecule has 250 valence electrons. The number of aromatic nitrogens is 2. The maximum atomic E-state index is 14.7. The third-order valence-corrected chi connectivity index (χ3v) is 9.44. The number of hydrogen-bond donors (Lipinski definition) is 2. The number of amides is 1. The fraction of sp³-hybridized carbons (Fsp3) is 0.441. The lowest BCUT2D eigenvalue weighted by molar-refractivity contribution is -0.111. The quantitative estimate of drug-likeness (QED) is 0.305. The van der Waals surface area contributed by atoms with Crippen LogP contribution in [-0.2, 0) is 9.63 Å². The molecule has 4 heterocycles. The summed E-state index contributed by atoms with van der Waals surface area (Å²) in [5.41, 5.74) is 2.24. The van der Waals surface area contributed by atoms with Crippen LogP contribution in [0, 0.1) is 11.6 Å². The van der Waals surface area contributed by atoms with Gasteiger partial charge in [-0.05, 0) is 57.2 Å². The lowest BCUT2D eigenvalue weighted by Gasteiger charge is -2.45. The number of halogens is 2. The van der Waals surface area contributed by atoms with Crippen LogP contribution in [0.4, 0.5) is 37.5 Å². The summed E-state index contributed by atoms with van der Waals surface area (Å²) in [5.74, 6) is -0.0161. The first-order chi connectivity index (χ1) is 22.7. The number of methoxy groups -OCH3 is 1. The van der Waals surface area contributed by atoms with Crippen molar-refractivity contribution in [2.24, 2.45) is 0 Å². The molecule has 0 bridgehead atoms. The molecule has 47 heavy (non-hydrogen) atoms. The van der Waals surface area contributed by atoms with Crippen LogP contribution in [0.3, 0.4) is 0 Å². The minimum Gasteiger partial charge on any atom is -0.494 e. The van der Waals surface area contributed by atoms with Gasteiger partial charge < -0.3 is 25.2 Å². The van der Waals surface area contributed by atoms with E-state index in [4.69, 9.17) is 9.57 Å². The smallest absolute Gasteiger partial charge is 0.247 e. The maximum absolute atomic E-state index is 14.7. The number of nitrogens with zero attached hydrogens (tertiary/aromatic N) is 6. The summed E-state index contributed by atoms with van der Waals surface area (Å²) >= 11 is 0. The summed E-state index contributed by atoms with van der Waals surface area (Å²) in [6.45, 7) is 11.2. The number of piperidine rings is 1. The van der Waals surface area contributed by atoms with Gasteiger partial charge in [0.15, 0.2) is 5.82 Å². The summed E-state index contributed by atoms with van der Waals surface area (Å²) in [6.07, 6.45) is 5.12. The van der Waals surface area contributed by atoms with Crippen molar-refractivity contribution in [2.75, 3.05) is 74.1 Å². The summed E-state index contributed by atoms with van der Waals surface area (Å²) in [4.78, 5) is 34.4. The molecule has 6 rings (SSSR count).